The highest BCUT2D eigenvalue weighted by molar-refractivity contribution is 4.84. The van der Waals surface area contributed by atoms with Crippen molar-refractivity contribution in [2.24, 2.45) is 5.41 Å². The molecule has 0 spiro atoms. The summed E-state index contributed by atoms with van der Waals surface area (Å²) in [6, 6.07) is 0. The van der Waals surface area contributed by atoms with Crippen LogP contribution in [0.15, 0.2) is 0 Å². The Morgan fingerprint density at radius 3 is 2.33 bits per heavy atom. The van der Waals surface area contributed by atoms with E-state index in [-0.39, 0.29) is 24.7 Å². The first kappa shape index (κ1) is 12.9. The van der Waals surface area contributed by atoms with Crippen LogP contribution in [0.25, 0.3) is 0 Å². The van der Waals surface area contributed by atoms with E-state index in [1.807, 2.05) is 0 Å². The highest BCUT2D eigenvalue weighted by Crippen LogP contribution is 2.34. The third-order valence-electron chi connectivity index (χ3n) is 3.43. The minimum atomic E-state index is -0.330. The van der Waals surface area contributed by atoms with Crippen LogP contribution in [0.2, 0.25) is 0 Å². The minimum Gasteiger partial charge on any atom is -0.396 e. The van der Waals surface area contributed by atoms with E-state index in [1.165, 1.54) is 0 Å². The lowest BCUT2D eigenvalue weighted by Crippen LogP contribution is -2.34. The number of hydrogen-bond acceptors (Lipinski definition) is 3. The fourth-order valence-electron chi connectivity index (χ4n) is 2.49. The normalized spacial score (nSPS) is 27.2. The molecule has 1 saturated heterocycles. The molecule has 1 fully saturated rings. The fraction of sp³-hybridized carbons (Fsp3) is 1.00. The molecular formula is C12H24O3. The van der Waals surface area contributed by atoms with E-state index >= 15 is 0 Å². The molecule has 1 aliphatic heterocycles. The van der Waals surface area contributed by atoms with E-state index < -0.39 is 0 Å². The van der Waals surface area contributed by atoms with E-state index in [1.54, 1.807) is 0 Å². The summed E-state index contributed by atoms with van der Waals surface area (Å²) in [6.45, 7) is 4.29. The maximum atomic E-state index is 9.42. The van der Waals surface area contributed by atoms with E-state index in [4.69, 9.17) is 4.74 Å². The van der Waals surface area contributed by atoms with Crippen molar-refractivity contribution in [3.63, 3.8) is 0 Å². The summed E-state index contributed by atoms with van der Waals surface area (Å²) in [5.41, 5.74) is -0.330. The molecule has 90 valence electrons. The smallest absolute Gasteiger partial charge is 0.0586 e. The number of ether oxygens (including phenoxy) is 1. The standard InChI is InChI=1S/C12H24O3/c1-3-6-12(8-13,9-14)7-11-5-4-10(2)15-11/h10-11,13-14H,3-9H2,1-2H3. The van der Waals surface area contributed by atoms with Crippen LogP contribution in [0.3, 0.4) is 0 Å². The molecule has 2 N–H and O–H groups in total. The predicted octanol–water partition coefficient (Wildman–Crippen LogP) is 1.72. The first-order chi connectivity index (χ1) is 7.15. The second-order valence-corrected chi connectivity index (χ2v) is 4.92. The summed E-state index contributed by atoms with van der Waals surface area (Å²) in [5.74, 6) is 0. The molecule has 3 nitrogen and oxygen atoms in total. The van der Waals surface area contributed by atoms with Crippen molar-refractivity contribution >= 4 is 0 Å². The molecule has 1 rings (SSSR count). The van der Waals surface area contributed by atoms with Gasteiger partial charge in [0.1, 0.15) is 0 Å². The van der Waals surface area contributed by atoms with Gasteiger partial charge in [0.2, 0.25) is 0 Å². The molecule has 2 atom stereocenters. The van der Waals surface area contributed by atoms with Gasteiger partial charge < -0.3 is 14.9 Å². The van der Waals surface area contributed by atoms with Crippen molar-refractivity contribution < 1.29 is 14.9 Å². The van der Waals surface area contributed by atoms with Crippen LogP contribution < -0.4 is 0 Å². The van der Waals surface area contributed by atoms with Crippen molar-refractivity contribution in [3.05, 3.63) is 0 Å². The Hall–Kier alpha value is -0.120. The Morgan fingerprint density at radius 2 is 1.93 bits per heavy atom. The number of aliphatic hydroxyl groups excluding tert-OH is 2. The van der Waals surface area contributed by atoms with Crippen LogP contribution in [-0.2, 0) is 4.74 Å². The molecule has 0 aliphatic carbocycles. The molecule has 3 heteroatoms. The van der Waals surface area contributed by atoms with Gasteiger partial charge in [-0.05, 0) is 32.6 Å². The molecule has 0 bridgehead atoms. The van der Waals surface area contributed by atoms with Crippen molar-refractivity contribution in [1.82, 2.24) is 0 Å². The summed E-state index contributed by atoms with van der Waals surface area (Å²) < 4.78 is 5.74. The lowest BCUT2D eigenvalue weighted by Gasteiger charge is -2.32. The summed E-state index contributed by atoms with van der Waals surface area (Å²) in [6.07, 6.45) is 5.38. The topological polar surface area (TPSA) is 49.7 Å². The first-order valence-electron chi connectivity index (χ1n) is 6.03. The van der Waals surface area contributed by atoms with E-state index in [0.29, 0.717) is 6.10 Å². The molecule has 0 aromatic carbocycles. The SMILES string of the molecule is CCCC(CO)(CO)CC1CCC(C)O1. The average Bonchev–Trinajstić information content (AvgIpc) is 2.63. The molecular weight excluding hydrogens is 192 g/mol. The highest BCUT2D eigenvalue weighted by Gasteiger charge is 2.34. The van der Waals surface area contributed by atoms with Crippen LogP contribution in [0.5, 0.6) is 0 Å². The Bertz CT molecular complexity index is 178. The van der Waals surface area contributed by atoms with Gasteiger partial charge in [0, 0.05) is 5.41 Å². The van der Waals surface area contributed by atoms with Gasteiger partial charge in [0.25, 0.3) is 0 Å². The minimum absolute atomic E-state index is 0.0611. The molecule has 0 radical (unpaired) electrons. The van der Waals surface area contributed by atoms with E-state index in [9.17, 15) is 10.2 Å². The quantitative estimate of drug-likeness (QED) is 0.710. The van der Waals surface area contributed by atoms with Gasteiger partial charge in [-0.2, -0.15) is 0 Å². The summed E-state index contributed by atoms with van der Waals surface area (Å²) in [4.78, 5) is 0. The fourth-order valence-corrected chi connectivity index (χ4v) is 2.49. The van der Waals surface area contributed by atoms with Crippen LogP contribution in [0.1, 0.15) is 46.0 Å². The number of hydrogen-bond donors (Lipinski definition) is 2. The van der Waals surface area contributed by atoms with Crippen molar-refractivity contribution in [2.75, 3.05) is 13.2 Å². The molecule has 1 heterocycles. The zero-order valence-corrected chi connectivity index (χ0v) is 9.91. The van der Waals surface area contributed by atoms with Crippen molar-refractivity contribution in [3.8, 4) is 0 Å². The van der Waals surface area contributed by atoms with Crippen LogP contribution in [0, 0.1) is 5.41 Å². The Morgan fingerprint density at radius 1 is 1.27 bits per heavy atom. The van der Waals surface area contributed by atoms with Gasteiger partial charge in [-0.1, -0.05) is 13.3 Å². The molecule has 1 aliphatic rings. The van der Waals surface area contributed by atoms with Gasteiger partial charge in [-0.3, -0.25) is 0 Å². The largest absolute Gasteiger partial charge is 0.396 e. The molecule has 0 saturated carbocycles. The predicted molar refractivity (Wildman–Crippen MR) is 59.7 cm³/mol. The average molecular weight is 216 g/mol. The lowest BCUT2D eigenvalue weighted by molar-refractivity contribution is -0.0246. The lowest BCUT2D eigenvalue weighted by atomic mass is 9.79. The zero-order valence-electron chi connectivity index (χ0n) is 9.91. The van der Waals surface area contributed by atoms with Gasteiger partial charge in [0.15, 0.2) is 0 Å². The monoisotopic (exact) mass is 216 g/mol. The highest BCUT2D eigenvalue weighted by atomic mass is 16.5. The third-order valence-corrected chi connectivity index (χ3v) is 3.43. The van der Waals surface area contributed by atoms with Gasteiger partial charge in [0.05, 0.1) is 25.4 Å². The van der Waals surface area contributed by atoms with E-state index in [0.717, 1.165) is 32.1 Å². The Balaban J connectivity index is 2.49. The Labute approximate surface area is 92.4 Å². The molecule has 15 heavy (non-hydrogen) atoms. The van der Waals surface area contributed by atoms with Crippen molar-refractivity contribution in [1.29, 1.82) is 0 Å². The van der Waals surface area contributed by atoms with Crippen LogP contribution in [-0.4, -0.2) is 35.6 Å². The Kier molecular flexibility index (Phi) is 5.03. The zero-order chi connectivity index (χ0) is 11.3. The second-order valence-electron chi connectivity index (χ2n) is 4.92. The third kappa shape index (κ3) is 3.44. The van der Waals surface area contributed by atoms with E-state index in [2.05, 4.69) is 13.8 Å². The van der Waals surface area contributed by atoms with Gasteiger partial charge in [-0.25, -0.2) is 0 Å². The molecule has 0 amide bonds. The summed E-state index contributed by atoms with van der Waals surface area (Å²) in [7, 11) is 0. The summed E-state index contributed by atoms with van der Waals surface area (Å²) in [5, 5.41) is 18.8. The first-order valence-corrected chi connectivity index (χ1v) is 6.03. The van der Waals surface area contributed by atoms with Crippen molar-refractivity contribution in [2.45, 2.75) is 58.2 Å². The molecule has 0 aromatic heterocycles. The second kappa shape index (κ2) is 5.83. The molecule has 0 aromatic rings. The van der Waals surface area contributed by atoms with Gasteiger partial charge in [-0.15, -0.1) is 0 Å². The van der Waals surface area contributed by atoms with Crippen LogP contribution >= 0.6 is 0 Å². The number of rotatable bonds is 6. The summed E-state index contributed by atoms with van der Waals surface area (Å²) >= 11 is 0. The van der Waals surface area contributed by atoms with Crippen LogP contribution in [0.4, 0.5) is 0 Å². The number of aliphatic hydroxyl groups is 2. The molecule has 2 unspecified atom stereocenters. The van der Waals surface area contributed by atoms with Gasteiger partial charge >= 0.3 is 0 Å². The maximum Gasteiger partial charge on any atom is 0.0586 e. The maximum absolute atomic E-state index is 9.42.